The maximum atomic E-state index is 12.3. The number of anilines is 1. The van der Waals surface area contributed by atoms with Gasteiger partial charge in [-0.3, -0.25) is 9.59 Å². The fourth-order valence-corrected chi connectivity index (χ4v) is 10.3. The number of rotatable bonds is 17. The zero-order valence-electron chi connectivity index (χ0n) is 31.6. The molecule has 8 rings (SSSR count). The highest BCUT2D eigenvalue weighted by Gasteiger charge is 2.51. The van der Waals surface area contributed by atoms with E-state index < -0.39 is 5.92 Å². The fourth-order valence-electron chi connectivity index (χ4n) is 9.99. The Hall–Kier alpha value is -3.96. The number of ether oxygens (including phenoxy) is 2. The molecule has 2 atom stereocenters. The Bertz CT molecular complexity index is 1960. The third kappa shape index (κ3) is 9.04. The first kappa shape index (κ1) is 39.3. The number of carbonyl (C=O) groups excluding carboxylic acids is 3. The van der Waals surface area contributed by atoms with Crippen LogP contribution >= 0.6 is 23.2 Å². The lowest BCUT2D eigenvalue weighted by atomic mass is 9.49. The van der Waals surface area contributed by atoms with E-state index in [1.54, 1.807) is 6.07 Å². The van der Waals surface area contributed by atoms with Crippen LogP contribution in [-0.4, -0.2) is 60.6 Å². The van der Waals surface area contributed by atoms with Crippen LogP contribution in [-0.2, 0) is 36.9 Å². The fraction of sp³-hybridized carbons (Fsp3) is 0.488. The molecule has 3 N–H and O–H groups in total. The van der Waals surface area contributed by atoms with Gasteiger partial charge in [-0.15, -0.1) is 0 Å². The first-order valence-corrected chi connectivity index (χ1v) is 20.2. The summed E-state index contributed by atoms with van der Waals surface area (Å²) in [6.07, 6.45) is 8.87. The SMILES string of the molecule is CC(=O)OCCN(CCOC(C)=O)c1ccc(-c2nc3cc(C(NCc4ccc(Cl)c(Cl)c4)C(C=O)CN)ccc3n2CC23CC4CC(CC(C4)C2)C3)cc1. The number of imidazole rings is 1. The van der Waals surface area contributed by atoms with E-state index >= 15 is 0 Å². The molecule has 4 fully saturated rings. The molecule has 0 saturated heterocycles. The molecule has 4 aliphatic carbocycles. The van der Waals surface area contributed by atoms with Crippen molar-refractivity contribution < 1.29 is 23.9 Å². The molecule has 2 unspecified atom stereocenters. The Morgan fingerprint density at radius 1 is 0.927 bits per heavy atom. The van der Waals surface area contributed by atoms with E-state index in [0.717, 1.165) is 69.8 Å². The molecule has 0 amide bonds. The monoisotopic (exact) mass is 787 g/mol. The first-order chi connectivity index (χ1) is 26.5. The van der Waals surface area contributed by atoms with E-state index in [1.807, 2.05) is 17.0 Å². The lowest BCUT2D eigenvalue weighted by molar-refractivity contribution is -0.141. The number of hydrogen-bond donors (Lipinski definition) is 2. The Kier molecular flexibility index (Phi) is 12.2. The maximum absolute atomic E-state index is 12.3. The number of esters is 2. The number of nitrogens with zero attached hydrogens (tertiary/aromatic N) is 3. The van der Waals surface area contributed by atoms with E-state index in [0.29, 0.717) is 29.7 Å². The highest BCUT2D eigenvalue weighted by atomic mass is 35.5. The Labute approximate surface area is 333 Å². The second-order valence-electron chi connectivity index (χ2n) is 16.0. The number of aldehydes is 1. The summed E-state index contributed by atoms with van der Waals surface area (Å²) in [6.45, 7) is 5.72. The van der Waals surface area contributed by atoms with Crippen molar-refractivity contribution in [1.82, 2.24) is 14.9 Å². The smallest absolute Gasteiger partial charge is 0.302 e. The number of aromatic nitrogens is 2. The topological polar surface area (TPSA) is 129 Å². The van der Waals surface area contributed by atoms with Crippen LogP contribution in [0.15, 0.2) is 60.7 Å². The molecular formula is C43H51Cl2N5O5. The summed E-state index contributed by atoms with van der Waals surface area (Å²) >= 11 is 12.5. The van der Waals surface area contributed by atoms with Gasteiger partial charge in [0.25, 0.3) is 0 Å². The van der Waals surface area contributed by atoms with Gasteiger partial charge in [-0.1, -0.05) is 35.3 Å². The molecule has 10 nitrogen and oxygen atoms in total. The van der Waals surface area contributed by atoms with Crippen molar-refractivity contribution in [3.63, 3.8) is 0 Å². The van der Waals surface area contributed by atoms with Gasteiger partial charge < -0.3 is 34.8 Å². The van der Waals surface area contributed by atoms with E-state index in [1.165, 1.54) is 52.4 Å². The van der Waals surface area contributed by atoms with Crippen molar-refractivity contribution in [3.8, 4) is 11.4 Å². The van der Waals surface area contributed by atoms with E-state index in [9.17, 15) is 14.4 Å². The molecular weight excluding hydrogens is 737 g/mol. The summed E-state index contributed by atoms with van der Waals surface area (Å²) in [4.78, 5) is 42.7. The van der Waals surface area contributed by atoms with Gasteiger partial charge in [0.05, 0.1) is 34.2 Å². The third-order valence-corrected chi connectivity index (χ3v) is 12.7. The van der Waals surface area contributed by atoms with Crippen LogP contribution in [0.3, 0.4) is 0 Å². The molecule has 4 saturated carbocycles. The number of nitrogens with two attached hydrogens (primary N) is 1. The lowest BCUT2D eigenvalue weighted by Gasteiger charge is -2.57. The van der Waals surface area contributed by atoms with Crippen LogP contribution in [0.1, 0.15) is 69.5 Å². The number of benzene rings is 3. The zero-order valence-corrected chi connectivity index (χ0v) is 33.2. The van der Waals surface area contributed by atoms with E-state index in [-0.39, 0.29) is 43.2 Å². The molecule has 292 valence electrons. The van der Waals surface area contributed by atoms with Crippen molar-refractivity contribution in [2.75, 3.05) is 37.7 Å². The molecule has 1 aromatic heterocycles. The van der Waals surface area contributed by atoms with Crippen LogP contribution in [0, 0.1) is 29.1 Å². The Morgan fingerprint density at radius 3 is 2.13 bits per heavy atom. The minimum absolute atomic E-state index is 0.192. The van der Waals surface area contributed by atoms with Crippen LogP contribution in [0.25, 0.3) is 22.4 Å². The number of fused-ring (bicyclic) bond motifs is 1. The van der Waals surface area contributed by atoms with Gasteiger partial charge in [0, 0.05) is 56.7 Å². The predicted molar refractivity (Wildman–Crippen MR) is 216 cm³/mol. The summed E-state index contributed by atoms with van der Waals surface area (Å²) < 4.78 is 12.9. The van der Waals surface area contributed by atoms with Crippen molar-refractivity contribution in [2.45, 2.75) is 71.5 Å². The molecule has 4 aliphatic rings. The molecule has 4 bridgehead atoms. The minimum atomic E-state index is -0.453. The van der Waals surface area contributed by atoms with Gasteiger partial charge in [0.15, 0.2) is 0 Å². The molecule has 3 aromatic carbocycles. The maximum Gasteiger partial charge on any atom is 0.302 e. The average molecular weight is 789 g/mol. The van der Waals surface area contributed by atoms with Crippen molar-refractivity contribution in [1.29, 1.82) is 0 Å². The molecule has 4 aromatic rings. The predicted octanol–water partition coefficient (Wildman–Crippen LogP) is 7.76. The van der Waals surface area contributed by atoms with Crippen LogP contribution in [0.5, 0.6) is 0 Å². The summed E-state index contributed by atoms with van der Waals surface area (Å²) in [7, 11) is 0. The normalized spacial score (nSPS) is 22.4. The highest BCUT2D eigenvalue weighted by molar-refractivity contribution is 6.42. The van der Waals surface area contributed by atoms with Crippen molar-refractivity contribution in [3.05, 3.63) is 81.8 Å². The van der Waals surface area contributed by atoms with Gasteiger partial charge in [-0.2, -0.15) is 0 Å². The second kappa shape index (κ2) is 17.0. The van der Waals surface area contributed by atoms with Crippen LogP contribution in [0.4, 0.5) is 5.69 Å². The van der Waals surface area contributed by atoms with Gasteiger partial charge in [0.1, 0.15) is 25.3 Å². The Balaban J connectivity index is 1.23. The number of nitrogens with one attached hydrogen (secondary N) is 1. The molecule has 0 radical (unpaired) electrons. The summed E-state index contributed by atoms with van der Waals surface area (Å²) in [5.41, 5.74) is 12.2. The summed E-state index contributed by atoms with van der Waals surface area (Å²) in [5, 5.41) is 4.54. The quantitative estimate of drug-likeness (QED) is 0.0815. The Morgan fingerprint density at radius 2 is 1.56 bits per heavy atom. The number of halogens is 2. The summed E-state index contributed by atoms with van der Waals surface area (Å²) in [6, 6.07) is 19.8. The van der Waals surface area contributed by atoms with Gasteiger partial charge in [-0.05, 0) is 121 Å². The van der Waals surface area contributed by atoms with Gasteiger partial charge >= 0.3 is 11.9 Å². The lowest BCUT2D eigenvalue weighted by Crippen LogP contribution is -2.47. The van der Waals surface area contributed by atoms with Crippen LogP contribution < -0.4 is 16.0 Å². The van der Waals surface area contributed by atoms with Crippen LogP contribution in [0.2, 0.25) is 10.0 Å². The van der Waals surface area contributed by atoms with Crippen molar-refractivity contribution in [2.24, 2.45) is 34.8 Å². The number of hydrogen-bond acceptors (Lipinski definition) is 9. The van der Waals surface area contributed by atoms with Gasteiger partial charge in [0.2, 0.25) is 0 Å². The first-order valence-electron chi connectivity index (χ1n) is 19.5. The third-order valence-electron chi connectivity index (χ3n) is 12.0. The zero-order chi connectivity index (χ0) is 38.7. The molecule has 12 heteroatoms. The molecule has 0 spiro atoms. The minimum Gasteiger partial charge on any atom is -0.464 e. The van der Waals surface area contributed by atoms with Gasteiger partial charge in [-0.25, -0.2) is 4.98 Å². The highest BCUT2D eigenvalue weighted by Crippen LogP contribution is 2.61. The molecule has 1 heterocycles. The number of carbonyl (C=O) groups is 3. The van der Waals surface area contributed by atoms with Crippen molar-refractivity contribution >= 4 is 58.1 Å². The largest absolute Gasteiger partial charge is 0.464 e. The summed E-state index contributed by atoms with van der Waals surface area (Å²) in [5.74, 6) is 2.24. The average Bonchev–Trinajstić information content (AvgIpc) is 3.50. The second-order valence-corrected chi connectivity index (χ2v) is 16.9. The van der Waals surface area contributed by atoms with E-state index in [4.69, 9.17) is 43.4 Å². The molecule has 0 aliphatic heterocycles. The van der Waals surface area contributed by atoms with E-state index in [2.05, 4.69) is 52.3 Å². The molecule has 55 heavy (non-hydrogen) atoms. The standard InChI is InChI=1S/C43H51Cl2N5O5/c1-27(52)54-13-11-49(12-14-55-28(2)53)36-7-4-33(5-8-36)42-48-39-19-34(41(35(23-46)25-51)47-24-29-3-9-37(44)38(45)18-29)6-10-40(39)50(42)26-43-20-30-15-31(21-43)17-32(16-30)22-43/h3-10,18-19,25,30-32,35,41,47H,11-17,20-24,26,46H2,1-2H3.